The second-order valence-corrected chi connectivity index (χ2v) is 7.59. The van der Waals surface area contributed by atoms with E-state index < -0.39 is 0 Å². The molecule has 1 aliphatic rings. The molecule has 0 amide bonds. The van der Waals surface area contributed by atoms with Crippen molar-refractivity contribution in [2.75, 3.05) is 38.1 Å². The molecule has 1 heterocycles. The Morgan fingerprint density at radius 3 is 2.73 bits per heavy atom. The quantitative estimate of drug-likeness (QED) is 0.264. The number of aliphatic imine (C=N–C) groups is 1. The van der Waals surface area contributed by atoms with Crippen molar-refractivity contribution in [3.05, 3.63) is 30.1 Å². The first-order valence-electron chi connectivity index (χ1n) is 9.10. The van der Waals surface area contributed by atoms with Crippen LogP contribution in [0.15, 0.2) is 29.3 Å². The molecule has 1 aliphatic heterocycles. The van der Waals surface area contributed by atoms with Gasteiger partial charge < -0.3 is 20.9 Å². The summed E-state index contributed by atoms with van der Waals surface area (Å²) in [6.07, 6.45) is 2.17. The van der Waals surface area contributed by atoms with Crippen molar-refractivity contribution in [3.8, 4) is 0 Å². The number of nitrogens with zero attached hydrogens (tertiary/aromatic N) is 2. The first-order valence-corrected chi connectivity index (χ1v) is 9.10. The van der Waals surface area contributed by atoms with Gasteiger partial charge in [-0.1, -0.05) is 6.07 Å². The molecule has 7 heteroatoms. The van der Waals surface area contributed by atoms with Gasteiger partial charge in [0.05, 0.1) is 0 Å². The average molecular weight is 477 g/mol. The molecule has 2 rings (SSSR count). The Morgan fingerprint density at radius 1 is 1.31 bits per heavy atom. The van der Waals surface area contributed by atoms with E-state index in [2.05, 4.69) is 46.6 Å². The third-order valence-electron chi connectivity index (χ3n) is 4.23. The van der Waals surface area contributed by atoms with Crippen LogP contribution in [0.4, 0.5) is 10.1 Å². The summed E-state index contributed by atoms with van der Waals surface area (Å²) in [5.74, 6) is 0.637. The molecule has 26 heavy (non-hydrogen) atoms. The molecule has 3 N–H and O–H groups in total. The predicted molar refractivity (Wildman–Crippen MR) is 119 cm³/mol. The average Bonchev–Trinajstić information content (AvgIpc) is 2.57. The molecular weight excluding hydrogens is 444 g/mol. The van der Waals surface area contributed by atoms with E-state index in [1.54, 1.807) is 19.2 Å². The molecule has 0 aromatic heterocycles. The first kappa shape index (κ1) is 23.0. The number of anilines is 1. The van der Waals surface area contributed by atoms with Gasteiger partial charge in [-0.15, -0.1) is 24.0 Å². The Morgan fingerprint density at radius 2 is 2.08 bits per heavy atom. The van der Waals surface area contributed by atoms with Gasteiger partial charge in [-0.25, -0.2) is 4.39 Å². The zero-order valence-electron chi connectivity index (χ0n) is 16.3. The van der Waals surface area contributed by atoms with E-state index in [-0.39, 0.29) is 35.3 Å². The second kappa shape index (κ2) is 10.9. The van der Waals surface area contributed by atoms with Gasteiger partial charge in [-0.3, -0.25) is 4.99 Å². The van der Waals surface area contributed by atoms with Gasteiger partial charge in [0, 0.05) is 50.5 Å². The van der Waals surface area contributed by atoms with E-state index in [9.17, 15) is 4.39 Å². The maximum Gasteiger partial charge on any atom is 0.191 e. The van der Waals surface area contributed by atoms with Crippen LogP contribution in [0.25, 0.3) is 0 Å². The molecular formula is C19H33FIN5. The Bertz CT molecular complexity index is 573. The minimum Gasteiger partial charge on any atom is -0.369 e. The lowest BCUT2D eigenvalue weighted by molar-refractivity contribution is 0.426. The Hall–Kier alpha value is -1.09. The molecule has 0 bridgehead atoms. The predicted octanol–water partition coefficient (Wildman–Crippen LogP) is 2.97. The first-order chi connectivity index (χ1) is 11.9. The fourth-order valence-electron chi connectivity index (χ4n) is 3.01. The number of nitrogens with one attached hydrogen (secondary N) is 3. The van der Waals surface area contributed by atoms with Crippen LogP contribution in [0.1, 0.15) is 33.6 Å². The van der Waals surface area contributed by atoms with Crippen molar-refractivity contribution in [2.45, 2.75) is 45.2 Å². The van der Waals surface area contributed by atoms with Crippen molar-refractivity contribution >= 4 is 35.6 Å². The molecule has 0 aliphatic carbocycles. The second-order valence-electron chi connectivity index (χ2n) is 7.59. The molecule has 1 saturated heterocycles. The molecule has 148 valence electrons. The Labute approximate surface area is 174 Å². The van der Waals surface area contributed by atoms with Crippen LogP contribution >= 0.6 is 24.0 Å². The summed E-state index contributed by atoms with van der Waals surface area (Å²) in [6.45, 7) is 9.98. The molecule has 0 spiro atoms. The molecule has 0 saturated carbocycles. The summed E-state index contributed by atoms with van der Waals surface area (Å²) >= 11 is 0. The van der Waals surface area contributed by atoms with Crippen molar-refractivity contribution in [2.24, 2.45) is 4.99 Å². The van der Waals surface area contributed by atoms with Crippen molar-refractivity contribution in [3.63, 3.8) is 0 Å². The normalized spacial score (nSPS) is 18.3. The highest BCUT2D eigenvalue weighted by Crippen LogP contribution is 2.20. The van der Waals surface area contributed by atoms with E-state index >= 15 is 0 Å². The van der Waals surface area contributed by atoms with Gasteiger partial charge in [0.15, 0.2) is 5.96 Å². The summed E-state index contributed by atoms with van der Waals surface area (Å²) in [7, 11) is 1.79. The molecule has 5 nitrogen and oxygen atoms in total. The van der Waals surface area contributed by atoms with Gasteiger partial charge >= 0.3 is 0 Å². The van der Waals surface area contributed by atoms with E-state index in [1.807, 2.05) is 6.07 Å². The lowest BCUT2D eigenvalue weighted by atomic mass is 10.0. The number of piperidine rings is 1. The van der Waals surface area contributed by atoms with Crippen LogP contribution in [0.5, 0.6) is 0 Å². The van der Waals surface area contributed by atoms with Crippen LogP contribution in [-0.4, -0.2) is 50.8 Å². The third-order valence-corrected chi connectivity index (χ3v) is 4.23. The highest BCUT2D eigenvalue weighted by molar-refractivity contribution is 14.0. The summed E-state index contributed by atoms with van der Waals surface area (Å²) in [4.78, 5) is 6.55. The van der Waals surface area contributed by atoms with Gasteiger partial charge in [-0.05, 0) is 51.8 Å². The topological polar surface area (TPSA) is 51.7 Å². The van der Waals surface area contributed by atoms with Crippen LogP contribution in [-0.2, 0) is 0 Å². The zero-order chi connectivity index (χ0) is 18.3. The summed E-state index contributed by atoms with van der Waals surface area (Å²) in [5, 5.41) is 10.3. The maximum absolute atomic E-state index is 13.5. The van der Waals surface area contributed by atoms with Crippen LogP contribution in [0.3, 0.4) is 0 Å². The highest BCUT2D eigenvalue weighted by atomic mass is 127. The SMILES string of the molecule is CN=C(NCCNC(C)(C)C)NC1CCCN(c2cccc(F)c2)C1.I. The van der Waals surface area contributed by atoms with Crippen LogP contribution in [0, 0.1) is 5.82 Å². The van der Waals surface area contributed by atoms with Gasteiger partial charge in [-0.2, -0.15) is 0 Å². The lowest BCUT2D eigenvalue weighted by Gasteiger charge is -2.35. The van der Waals surface area contributed by atoms with E-state index in [0.717, 1.165) is 50.7 Å². The largest absolute Gasteiger partial charge is 0.369 e. The van der Waals surface area contributed by atoms with Gasteiger partial charge in [0.25, 0.3) is 0 Å². The third kappa shape index (κ3) is 8.07. The Balaban J connectivity index is 0.00000338. The minimum absolute atomic E-state index is 0. The minimum atomic E-state index is -0.184. The van der Waals surface area contributed by atoms with Crippen molar-refractivity contribution in [1.82, 2.24) is 16.0 Å². The molecule has 1 atom stereocenters. The number of rotatable bonds is 5. The molecule has 1 aromatic carbocycles. The number of hydrogen-bond acceptors (Lipinski definition) is 3. The van der Waals surface area contributed by atoms with Crippen LogP contribution in [0.2, 0.25) is 0 Å². The summed E-state index contributed by atoms with van der Waals surface area (Å²) < 4.78 is 13.5. The fraction of sp³-hybridized carbons (Fsp3) is 0.632. The van der Waals surface area contributed by atoms with E-state index in [4.69, 9.17) is 0 Å². The zero-order valence-corrected chi connectivity index (χ0v) is 18.6. The van der Waals surface area contributed by atoms with Crippen molar-refractivity contribution < 1.29 is 4.39 Å². The number of guanidine groups is 1. The number of halogens is 2. The van der Waals surface area contributed by atoms with Crippen molar-refractivity contribution in [1.29, 1.82) is 0 Å². The van der Waals surface area contributed by atoms with Gasteiger partial charge in [0.2, 0.25) is 0 Å². The van der Waals surface area contributed by atoms with E-state index in [0.29, 0.717) is 6.04 Å². The Kier molecular flexibility index (Phi) is 9.63. The fourth-order valence-corrected chi connectivity index (χ4v) is 3.01. The summed E-state index contributed by atoms with van der Waals surface area (Å²) in [5.41, 5.74) is 1.07. The highest BCUT2D eigenvalue weighted by Gasteiger charge is 2.21. The standard InChI is InChI=1S/C19H32FN5.HI/c1-19(2,3)23-11-10-22-18(21-4)24-16-8-6-12-25(14-16)17-9-5-7-15(20)13-17;/h5,7,9,13,16,23H,6,8,10-12,14H2,1-4H3,(H2,21,22,24);1H. The van der Waals surface area contributed by atoms with E-state index in [1.165, 1.54) is 6.07 Å². The van der Waals surface area contributed by atoms with Gasteiger partial charge in [0.1, 0.15) is 5.82 Å². The summed E-state index contributed by atoms with van der Waals surface area (Å²) in [6, 6.07) is 7.13. The smallest absolute Gasteiger partial charge is 0.191 e. The molecule has 1 aromatic rings. The molecule has 0 radical (unpaired) electrons. The molecule has 1 fully saturated rings. The molecule has 1 unspecified atom stereocenters. The number of hydrogen-bond donors (Lipinski definition) is 3. The number of benzene rings is 1. The monoisotopic (exact) mass is 477 g/mol. The maximum atomic E-state index is 13.5. The van der Waals surface area contributed by atoms with Crippen LogP contribution < -0.4 is 20.9 Å². The lowest BCUT2D eigenvalue weighted by Crippen LogP contribution is -2.52.